The van der Waals surface area contributed by atoms with E-state index in [9.17, 15) is 9.59 Å². The van der Waals surface area contributed by atoms with Gasteiger partial charge in [-0.3, -0.25) is 9.59 Å². The van der Waals surface area contributed by atoms with Crippen LogP contribution in [-0.4, -0.2) is 18.4 Å². The van der Waals surface area contributed by atoms with Gasteiger partial charge in [0, 0.05) is 29.6 Å². The predicted octanol–water partition coefficient (Wildman–Crippen LogP) is 4.77. The molecule has 26 heavy (non-hydrogen) atoms. The van der Waals surface area contributed by atoms with Crippen LogP contribution in [0.5, 0.6) is 0 Å². The summed E-state index contributed by atoms with van der Waals surface area (Å²) < 4.78 is 5.68. The van der Waals surface area contributed by atoms with Gasteiger partial charge < -0.3 is 14.6 Å². The molecule has 132 valence electrons. The van der Waals surface area contributed by atoms with Crippen molar-refractivity contribution in [3.05, 3.63) is 58.8 Å². The first-order chi connectivity index (χ1) is 12.5. The number of hydrogen-bond donors (Lipinski definition) is 1. The number of nitrogens with zero attached hydrogens (tertiary/aromatic N) is 1. The molecule has 2 heterocycles. The molecule has 1 aliphatic heterocycles. The van der Waals surface area contributed by atoms with Crippen LogP contribution in [0.3, 0.4) is 0 Å². The Hall–Kier alpha value is -2.79. The van der Waals surface area contributed by atoms with E-state index in [1.54, 1.807) is 23.1 Å². The van der Waals surface area contributed by atoms with Gasteiger partial charge in [-0.15, -0.1) is 0 Å². The monoisotopic (exact) mass is 368 g/mol. The van der Waals surface area contributed by atoms with E-state index < -0.39 is 0 Å². The lowest BCUT2D eigenvalue weighted by molar-refractivity contribution is -0.117. The molecule has 4 rings (SSSR count). The van der Waals surface area contributed by atoms with Crippen molar-refractivity contribution in [2.45, 2.75) is 19.8 Å². The number of rotatable bonds is 3. The summed E-state index contributed by atoms with van der Waals surface area (Å²) in [6.07, 6.45) is 1.37. The number of anilines is 2. The van der Waals surface area contributed by atoms with Crippen LogP contribution in [0.4, 0.5) is 11.4 Å². The first kappa shape index (κ1) is 16.7. The fourth-order valence-corrected chi connectivity index (χ4v) is 3.57. The zero-order chi connectivity index (χ0) is 18.3. The number of benzene rings is 2. The fourth-order valence-electron chi connectivity index (χ4n) is 3.29. The number of para-hydroxylation sites is 1. The maximum Gasteiger partial charge on any atom is 0.291 e. The fraction of sp³-hybridized carbons (Fsp3) is 0.200. The molecule has 0 bridgehead atoms. The summed E-state index contributed by atoms with van der Waals surface area (Å²) >= 11 is 6.33. The SMILES string of the molecule is Cc1c(C(=O)Nc2ccc(N3CCCC3=O)c(Cl)c2)oc2ccccc12. The number of halogens is 1. The second-order valence-corrected chi connectivity index (χ2v) is 6.73. The molecule has 2 aromatic carbocycles. The standard InChI is InChI=1S/C20H17ClN2O3/c1-12-14-5-2-3-6-17(14)26-19(12)20(25)22-13-8-9-16(15(21)11-13)23-10-4-7-18(23)24/h2-3,5-6,8-9,11H,4,7,10H2,1H3,(H,22,25). The molecule has 1 aromatic heterocycles. The second-order valence-electron chi connectivity index (χ2n) is 6.32. The first-order valence-corrected chi connectivity index (χ1v) is 8.82. The Morgan fingerprint density at radius 1 is 1.23 bits per heavy atom. The lowest BCUT2D eigenvalue weighted by Gasteiger charge is -2.18. The first-order valence-electron chi connectivity index (χ1n) is 8.44. The Labute approximate surface area is 155 Å². The van der Waals surface area contributed by atoms with Crippen molar-refractivity contribution in [3.8, 4) is 0 Å². The molecule has 0 spiro atoms. The molecule has 1 fully saturated rings. The summed E-state index contributed by atoms with van der Waals surface area (Å²) in [6, 6.07) is 12.7. The molecule has 5 nitrogen and oxygen atoms in total. The number of carbonyl (C=O) groups is 2. The maximum absolute atomic E-state index is 12.6. The molecule has 0 saturated carbocycles. The van der Waals surface area contributed by atoms with Gasteiger partial charge >= 0.3 is 0 Å². The number of hydrogen-bond acceptors (Lipinski definition) is 3. The average molecular weight is 369 g/mol. The highest BCUT2D eigenvalue weighted by Crippen LogP contribution is 2.32. The number of fused-ring (bicyclic) bond motifs is 1. The van der Waals surface area contributed by atoms with E-state index >= 15 is 0 Å². The minimum atomic E-state index is -0.334. The number of amides is 2. The summed E-state index contributed by atoms with van der Waals surface area (Å²) in [7, 11) is 0. The van der Waals surface area contributed by atoms with Crippen molar-refractivity contribution in [1.29, 1.82) is 0 Å². The molecule has 3 aromatic rings. The molecular formula is C20H17ClN2O3. The molecule has 1 aliphatic rings. The van der Waals surface area contributed by atoms with Gasteiger partial charge in [0.2, 0.25) is 5.91 Å². The van der Waals surface area contributed by atoms with Crippen LogP contribution in [-0.2, 0) is 4.79 Å². The lowest BCUT2D eigenvalue weighted by Crippen LogP contribution is -2.24. The Kier molecular flexibility index (Phi) is 4.17. The topological polar surface area (TPSA) is 62.6 Å². The van der Waals surface area contributed by atoms with Crippen molar-refractivity contribution in [2.75, 3.05) is 16.8 Å². The number of furan rings is 1. The Morgan fingerprint density at radius 3 is 2.73 bits per heavy atom. The van der Waals surface area contributed by atoms with Crippen LogP contribution < -0.4 is 10.2 Å². The Morgan fingerprint density at radius 2 is 2.04 bits per heavy atom. The third kappa shape index (κ3) is 2.84. The molecule has 1 N–H and O–H groups in total. The van der Waals surface area contributed by atoms with Crippen molar-refractivity contribution in [1.82, 2.24) is 0 Å². The largest absolute Gasteiger partial charge is 0.451 e. The van der Waals surface area contributed by atoms with Crippen molar-refractivity contribution < 1.29 is 14.0 Å². The number of nitrogens with one attached hydrogen (secondary N) is 1. The van der Waals surface area contributed by atoms with Crippen molar-refractivity contribution in [3.63, 3.8) is 0 Å². The number of aryl methyl sites for hydroxylation is 1. The highest BCUT2D eigenvalue weighted by atomic mass is 35.5. The minimum Gasteiger partial charge on any atom is -0.451 e. The highest BCUT2D eigenvalue weighted by molar-refractivity contribution is 6.34. The summed E-state index contributed by atoms with van der Waals surface area (Å²) in [5.41, 5.74) is 2.70. The van der Waals surface area contributed by atoms with E-state index in [2.05, 4.69) is 5.32 Å². The maximum atomic E-state index is 12.6. The van der Waals surface area contributed by atoms with Crippen LogP contribution in [0.1, 0.15) is 29.0 Å². The summed E-state index contributed by atoms with van der Waals surface area (Å²) in [6.45, 7) is 2.53. The molecule has 2 amide bonds. The molecule has 0 radical (unpaired) electrons. The zero-order valence-electron chi connectivity index (χ0n) is 14.2. The van der Waals surface area contributed by atoms with Gasteiger partial charge in [0.05, 0.1) is 10.7 Å². The average Bonchev–Trinajstić information content (AvgIpc) is 3.19. The van der Waals surface area contributed by atoms with Crippen LogP contribution in [0.2, 0.25) is 5.02 Å². The predicted molar refractivity (Wildman–Crippen MR) is 102 cm³/mol. The van der Waals surface area contributed by atoms with Gasteiger partial charge in [-0.2, -0.15) is 0 Å². The molecule has 0 atom stereocenters. The van der Waals surface area contributed by atoms with Crippen molar-refractivity contribution >= 4 is 45.8 Å². The van der Waals surface area contributed by atoms with E-state index in [4.69, 9.17) is 16.0 Å². The van der Waals surface area contributed by atoms with Crippen LogP contribution >= 0.6 is 11.6 Å². The third-order valence-corrected chi connectivity index (χ3v) is 4.92. The smallest absolute Gasteiger partial charge is 0.291 e. The third-order valence-electron chi connectivity index (χ3n) is 4.62. The quantitative estimate of drug-likeness (QED) is 0.724. The highest BCUT2D eigenvalue weighted by Gasteiger charge is 2.24. The Bertz CT molecular complexity index is 1030. The van der Waals surface area contributed by atoms with E-state index in [0.717, 1.165) is 17.4 Å². The van der Waals surface area contributed by atoms with Gasteiger partial charge in [-0.1, -0.05) is 29.8 Å². The van der Waals surface area contributed by atoms with E-state index in [0.29, 0.717) is 34.9 Å². The van der Waals surface area contributed by atoms with Gasteiger partial charge in [0.25, 0.3) is 5.91 Å². The van der Waals surface area contributed by atoms with Crippen LogP contribution in [0.15, 0.2) is 46.9 Å². The van der Waals surface area contributed by atoms with Gasteiger partial charge in [-0.05, 0) is 37.6 Å². The number of carbonyl (C=O) groups excluding carboxylic acids is 2. The molecule has 0 unspecified atom stereocenters. The Balaban J connectivity index is 1.58. The second kappa shape index (κ2) is 6.50. The van der Waals surface area contributed by atoms with Crippen LogP contribution in [0, 0.1) is 6.92 Å². The minimum absolute atomic E-state index is 0.0709. The summed E-state index contributed by atoms with van der Waals surface area (Å²) in [5, 5.41) is 4.15. The van der Waals surface area contributed by atoms with Gasteiger partial charge in [0.1, 0.15) is 5.58 Å². The van der Waals surface area contributed by atoms with Crippen molar-refractivity contribution in [2.24, 2.45) is 0 Å². The van der Waals surface area contributed by atoms with E-state index in [1.807, 2.05) is 31.2 Å². The van der Waals surface area contributed by atoms with E-state index in [-0.39, 0.29) is 17.6 Å². The zero-order valence-corrected chi connectivity index (χ0v) is 15.0. The summed E-state index contributed by atoms with van der Waals surface area (Å²) in [4.78, 5) is 26.2. The van der Waals surface area contributed by atoms with Gasteiger partial charge in [-0.25, -0.2) is 0 Å². The normalized spacial score (nSPS) is 14.2. The summed E-state index contributed by atoms with van der Waals surface area (Å²) in [5.74, 6) is 0.0162. The van der Waals surface area contributed by atoms with Crippen LogP contribution in [0.25, 0.3) is 11.0 Å². The molecule has 6 heteroatoms. The van der Waals surface area contributed by atoms with E-state index in [1.165, 1.54) is 0 Å². The molecule has 0 aliphatic carbocycles. The molecular weight excluding hydrogens is 352 g/mol. The molecule has 1 saturated heterocycles. The van der Waals surface area contributed by atoms with Gasteiger partial charge in [0.15, 0.2) is 5.76 Å². The lowest BCUT2D eigenvalue weighted by atomic mass is 10.1.